The number of benzene rings is 1. The Morgan fingerprint density at radius 2 is 2.28 bits per heavy atom. The van der Waals surface area contributed by atoms with Gasteiger partial charge < -0.3 is 15.6 Å². The molecule has 0 fully saturated rings. The number of pyridine rings is 1. The van der Waals surface area contributed by atoms with E-state index in [9.17, 15) is 9.18 Å². The SMILES string of the molecule is Nc1nc2cc(F)c(C(=O)O)cc2c2c1CCO2. The van der Waals surface area contributed by atoms with Crippen LogP contribution in [0, 0.1) is 5.82 Å². The standard InChI is InChI=1S/C12H9FN2O3/c13-8-4-9-7(3-6(8)12(16)17)10-5(1-2-18-10)11(14)15-9/h3-4H,1-2H2,(H2,14,15)(H,16,17). The Bertz CT molecular complexity index is 685. The van der Waals surface area contributed by atoms with Crippen LogP contribution >= 0.6 is 0 Å². The Labute approximate surface area is 101 Å². The van der Waals surface area contributed by atoms with Crippen LogP contribution in [0.3, 0.4) is 0 Å². The molecule has 0 spiro atoms. The highest BCUT2D eigenvalue weighted by Crippen LogP contribution is 2.37. The number of aromatic nitrogens is 1. The molecule has 92 valence electrons. The Balaban J connectivity index is 2.40. The zero-order valence-corrected chi connectivity index (χ0v) is 9.24. The lowest BCUT2D eigenvalue weighted by Gasteiger charge is -2.08. The van der Waals surface area contributed by atoms with Gasteiger partial charge >= 0.3 is 5.97 Å². The molecule has 1 aromatic carbocycles. The summed E-state index contributed by atoms with van der Waals surface area (Å²) in [4.78, 5) is 15.0. The van der Waals surface area contributed by atoms with Gasteiger partial charge in [0.2, 0.25) is 0 Å². The van der Waals surface area contributed by atoms with Gasteiger partial charge in [0.05, 0.1) is 17.7 Å². The Morgan fingerprint density at radius 3 is 3.00 bits per heavy atom. The van der Waals surface area contributed by atoms with Crippen LogP contribution in [0.5, 0.6) is 5.75 Å². The third kappa shape index (κ3) is 1.38. The highest BCUT2D eigenvalue weighted by molar-refractivity contribution is 5.97. The maximum atomic E-state index is 13.6. The number of rotatable bonds is 1. The molecule has 0 saturated heterocycles. The van der Waals surface area contributed by atoms with Crippen molar-refractivity contribution in [3.63, 3.8) is 0 Å². The molecule has 2 aromatic rings. The van der Waals surface area contributed by atoms with Gasteiger partial charge in [-0.3, -0.25) is 0 Å². The number of carboxylic acids is 1. The molecule has 1 aliphatic rings. The number of nitrogens with two attached hydrogens (primary N) is 1. The van der Waals surface area contributed by atoms with Crippen molar-refractivity contribution in [1.82, 2.24) is 4.98 Å². The average Bonchev–Trinajstić information content (AvgIpc) is 2.77. The van der Waals surface area contributed by atoms with Gasteiger partial charge in [-0.2, -0.15) is 0 Å². The second-order valence-corrected chi connectivity index (χ2v) is 4.06. The summed E-state index contributed by atoms with van der Waals surface area (Å²) in [6, 6.07) is 2.31. The number of carbonyl (C=O) groups is 1. The van der Waals surface area contributed by atoms with Crippen molar-refractivity contribution in [2.75, 3.05) is 12.3 Å². The number of fused-ring (bicyclic) bond motifs is 3. The van der Waals surface area contributed by atoms with Crippen LogP contribution in [0.1, 0.15) is 15.9 Å². The molecule has 2 heterocycles. The summed E-state index contributed by atoms with van der Waals surface area (Å²) in [7, 11) is 0. The number of carboxylic acid groups (broad SMARTS) is 1. The minimum Gasteiger partial charge on any atom is -0.492 e. The van der Waals surface area contributed by atoms with E-state index >= 15 is 0 Å². The van der Waals surface area contributed by atoms with E-state index < -0.39 is 17.3 Å². The Morgan fingerprint density at radius 1 is 1.50 bits per heavy atom. The van der Waals surface area contributed by atoms with E-state index in [0.29, 0.717) is 35.5 Å². The normalized spacial score (nSPS) is 13.4. The number of hydrogen-bond donors (Lipinski definition) is 2. The zero-order valence-electron chi connectivity index (χ0n) is 9.24. The lowest BCUT2D eigenvalue weighted by Crippen LogP contribution is -2.02. The van der Waals surface area contributed by atoms with Crippen molar-refractivity contribution < 1.29 is 19.0 Å². The van der Waals surface area contributed by atoms with Gasteiger partial charge in [-0.15, -0.1) is 0 Å². The fourth-order valence-electron chi connectivity index (χ4n) is 2.14. The molecule has 5 nitrogen and oxygen atoms in total. The van der Waals surface area contributed by atoms with E-state index in [1.54, 1.807) is 0 Å². The van der Waals surface area contributed by atoms with Crippen LogP contribution < -0.4 is 10.5 Å². The number of halogens is 1. The highest BCUT2D eigenvalue weighted by Gasteiger charge is 2.22. The minimum absolute atomic E-state index is 0.302. The van der Waals surface area contributed by atoms with Crippen molar-refractivity contribution in [1.29, 1.82) is 0 Å². The first kappa shape index (κ1) is 10.8. The molecule has 0 unspecified atom stereocenters. The fraction of sp³-hybridized carbons (Fsp3) is 0.167. The molecule has 6 heteroatoms. The van der Waals surface area contributed by atoms with Gasteiger partial charge in [-0.25, -0.2) is 14.2 Å². The summed E-state index contributed by atoms with van der Waals surface area (Å²) in [6.45, 7) is 0.472. The summed E-state index contributed by atoms with van der Waals surface area (Å²) in [5, 5.41) is 9.38. The van der Waals surface area contributed by atoms with Crippen molar-refractivity contribution in [2.24, 2.45) is 0 Å². The number of nitrogen functional groups attached to an aromatic ring is 1. The summed E-state index contributed by atoms with van der Waals surface area (Å²) < 4.78 is 19.0. The first-order valence-electron chi connectivity index (χ1n) is 5.35. The number of anilines is 1. The maximum Gasteiger partial charge on any atom is 0.338 e. The van der Waals surface area contributed by atoms with Crippen LogP contribution in [-0.4, -0.2) is 22.7 Å². The van der Waals surface area contributed by atoms with Crippen LogP contribution in [0.2, 0.25) is 0 Å². The predicted octanol–water partition coefficient (Wildman–Crippen LogP) is 1.59. The highest BCUT2D eigenvalue weighted by atomic mass is 19.1. The molecule has 3 N–H and O–H groups in total. The topological polar surface area (TPSA) is 85.4 Å². The molecule has 0 bridgehead atoms. The Hall–Kier alpha value is -2.37. The first-order chi connectivity index (χ1) is 8.58. The van der Waals surface area contributed by atoms with E-state index in [-0.39, 0.29) is 0 Å². The fourth-order valence-corrected chi connectivity index (χ4v) is 2.14. The molecule has 0 saturated carbocycles. The Kier molecular flexibility index (Phi) is 2.13. The zero-order chi connectivity index (χ0) is 12.9. The van der Waals surface area contributed by atoms with E-state index in [4.69, 9.17) is 15.6 Å². The molecule has 0 radical (unpaired) electrons. The lowest BCUT2D eigenvalue weighted by atomic mass is 10.1. The lowest BCUT2D eigenvalue weighted by molar-refractivity contribution is 0.0692. The van der Waals surface area contributed by atoms with Gasteiger partial charge in [0, 0.05) is 23.4 Å². The largest absolute Gasteiger partial charge is 0.492 e. The maximum absolute atomic E-state index is 13.6. The van der Waals surface area contributed by atoms with Crippen LogP contribution in [-0.2, 0) is 6.42 Å². The molecule has 18 heavy (non-hydrogen) atoms. The molecule has 0 atom stereocenters. The van der Waals surface area contributed by atoms with Gasteiger partial charge in [0.15, 0.2) is 0 Å². The number of nitrogens with zero attached hydrogens (tertiary/aromatic N) is 1. The van der Waals surface area contributed by atoms with E-state index in [1.165, 1.54) is 6.07 Å². The van der Waals surface area contributed by atoms with Crippen molar-refractivity contribution in [2.45, 2.75) is 6.42 Å². The van der Waals surface area contributed by atoms with Gasteiger partial charge in [-0.05, 0) is 6.07 Å². The smallest absolute Gasteiger partial charge is 0.338 e. The third-order valence-corrected chi connectivity index (χ3v) is 2.98. The summed E-state index contributed by atoms with van der Waals surface area (Å²) in [6.07, 6.45) is 0.629. The van der Waals surface area contributed by atoms with Crippen LogP contribution in [0.4, 0.5) is 10.2 Å². The molecule has 0 amide bonds. The predicted molar refractivity (Wildman–Crippen MR) is 62.3 cm³/mol. The second-order valence-electron chi connectivity index (χ2n) is 4.06. The molecular formula is C12H9FN2O3. The van der Waals surface area contributed by atoms with E-state index in [0.717, 1.165) is 11.6 Å². The molecule has 3 rings (SSSR count). The van der Waals surface area contributed by atoms with E-state index in [1.807, 2.05) is 0 Å². The first-order valence-corrected chi connectivity index (χ1v) is 5.35. The summed E-state index contributed by atoms with van der Waals surface area (Å²) in [5.41, 5.74) is 6.42. The van der Waals surface area contributed by atoms with Crippen molar-refractivity contribution in [3.8, 4) is 5.75 Å². The molecule has 0 aliphatic carbocycles. The van der Waals surface area contributed by atoms with Crippen molar-refractivity contribution in [3.05, 3.63) is 29.1 Å². The average molecular weight is 248 g/mol. The molecular weight excluding hydrogens is 239 g/mol. The third-order valence-electron chi connectivity index (χ3n) is 2.98. The van der Waals surface area contributed by atoms with Gasteiger partial charge in [-0.1, -0.05) is 0 Å². The number of aromatic carboxylic acids is 1. The van der Waals surface area contributed by atoms with Gasteiger partial charge in [0.25, 0.3) is 0 Å². The molecule has 1 aromatic heterocycles. The number of ether oxygens (including phenoxy) is 1. The number of hydrogen-bond acceptors (Lipinski definition) is 4. The summed E-state index contributed by atoms with van der Waals surface area (Å²) in [5.74, 6) is -1.34. The van der Waals surface area contributed by atoms with Crippen molar-refractivity contribution >= 4 is 22.7 Å². The minimum atomic E-state index is -1.32. The van der Waals surface area contributed by atoms with E-state index in [2.05, 4.69) is 4.98 Å². The van der Waals surface area contributed by atoms with Crippen LogP contribution in [0.15, 0.2) is 12.1 Å². The van der Waals surface area contributed by atoms with Gasteiger partial charge in [0.1, 0.15) is 17.4 Å². The van der Waals surface area contributed by atoms with Crippen LogP contribution in [0.25, 0.3) is 10.9 Å². The summed E-state index contributed by atoms with van der Waals surface area (Å²) >= 11 is 0. The second kappa shape index (κ2) is 3.56. The monoisotopic (exact) mass is 248 g/mol. The molecule has 1 aliphatic heterocycles. The quantitative estimate of drug-likeness (QED) is 0.800.